The molecule has 2 nitrogen and oxygen atoms in total. The molecule has 0 aromatic heterocycles. The summed E-state index contributed by atoms with van der Waals surface area (Å²) in [5, 5.41) is 0. The third-order valence-electron chi connectivity index (χ3n) is 5.49. The maximum Gasteiger partial charge on any atom is 0.0342 e. The molecule has 0 bridgehead atoms. The van der Waals surface area contributed by atoms with Gasteiger partial charge < -0.3 is 5.73 Å². The van der Waals surface area contributed by atoms with Crippen LogP contribution in [0.4, 0.5) is 0 Å². The van der Waals surface area contributed by atoms with E-state index in [0.717, 1.165) is 18.6 Å². The van der Waals surface area contributed by atoms with Crippen LogP contribution in [0, 0.1) is 5.41 Å². The van der Waals surface area contributed by atoms with Gasteiger partial charge in [-0.15, -0.1) is 0 Å². The van der Waals surface area contributed by atoms with E-state index in [2.05, 4.69) is 32.6 Å². The van der Waals surface area contributed by atoms with Crippen LogP contribution in [0.15, 0.2) is 0 Å². The van der Waals surface area contributed by atoms with E-state index in [-0.39, 0.29) is 0 Å². The van der Waals surface area contributed by atoms with Gasteiger partial charge in [0.25, 0.3) is 0 Å². The van der Waals surface area contributed by atoms with Crippen molar-refractivity contribution < 1.29 is 0 Å². The molecular weight excluding hydrogens is 220 g/mol. The fourth-order valence-corrected chi connectivity index (χ4v) is 4.79. The van der Waals surface area contributed by atoms with Crippen molar-refractivity contribution in [1.82, 2.24) is 4.90 Å². The first-order valence-electron chi connectivity index (χ1n) is 7.93. The molecule has 2 N–H and O–H groups in total. The molecule has 3 atom stereocenters. The highest BCUT2D eigenvalue weighted by atomic mass is 15.3. The molecule has 0 aromatic carbocycles. The van der Waals surface area contributed by atoms with E-state index >= 15 is 0 Å². The van der Waals surface area contributed by atoms with Crippen LogP contribution in [-0.2, 0) is 0 Å². The number of nitrogens with two attached hydrogens (primary N) is 1. The lowest BCUT2D eigenvalue weighted by Gasteiger charge is -2.53. The molecule has 1 heterocycles. The molecule has 1 saturated heterocycles. The SMILES string of the molecule is CCC1CCC(C)N1C1(CN)CCCC(C)(C)C1. The Hall–Kier alpha value is -0.0800. The zero-order valence-corrected chi connectivity index (χ0v) is 12.8. The van der Waals surface area contributed by atoms with E-state index in [1.165, 1.54) is 44.9 Å². The summed E-state index contributed by atoms with van der Waals surface area (Å²) in [5.41, 5.74) is 7.04. The highest BCUT2D eigenvalue weighted by molar-refractivity contribution is 5.04. The van der Waals surface area contributed by atoms with Crippen LogP contribution in [0.25, 0.3) is 0 Å². The second-order valence-corrected chi connectivity index (χ2v) is 7.52. The topological polar surface area (TPSA) is 29.3 Å². The molecular formula is C16H32N2. The van der Waals surface area contributed by atoms with Crippen molar-refractivity contribution in [2.75, 3.05) is 6.54 Å². The molecule has 1 aliphatic heterocycles. The minimum absolute atomic E-state index is 0.290. The lowest BCUT2D eigenvalue weighted by atomic mass is 9.67. The van der Waals surface area contributed by atoms with Crippen molar-refractivity contribution in [1.29, 1.82) is 0 Å². The lowest BCUT2D eigenvalue weighted by molar-refractivity contribution is -0.0202. The van der Waals surface area contributed by atoms with Crippen LogP contribution >= 0.6 is 0 Å². The van der Waals surface area contributed by atoms with Crippen LogP contribution in [0.2, 0.25) is 0 Å². The molecule has 2 heteroatoms. The molecule has 2 rings (SSSR count). The summed E-state index contributed by atoms with van der Waals surface area (Å²) >= 11 is 0. The fourth-order valence-electron chi connectivity index (χ4n) is 4.79. The maximum absolute atomic E-state index is 6.28. The maximum atomic E-state index is 6.28. The summed E-state index contributed by atoms with van der Waals surface area (Å²) in [4.78, 5) is 2.83. The van der Waals surface area contributed by atoms with E-state index in [1.54, 1.807) is 0 Å². The molecule has 0 radical (unpaired) electrons. The third kappa shape index (κ3) is 2.46. The van der Waals surface area contributed by atoms with Crippen molar-refractivity contribution in [2.24, 2.45) is 11.1 Å². The Morgan fingerprint density at radius 1 is 1.22 bits per heavy atom. The summed E-state index contributed by atoms with van der Waals surface area (Å²) in [5.74, 6) is 0. The number of nitrogens with zero attached hydrogens (tertiary/aromatic N) is 1. The molecule has 2 fully saturated rings. The average molecular weight is 252 g/mol. The molecule has 106 valence electrons. The summed E-state index contributed by atoms with van der Waals surface area (Å²) in [6.45, 7) is 10.5. The summed E-state index contributed by atoms with van der Waals surface area (Å²) in [7, 11) is 0. The lowest BCUT2D eigenvalue weighted by Crippen LogP contribution is -2.61. The number of rotatable bonds is 3. The molecule has 0 spiro atoms. The zero-order valence-electron chi connectivity index (χ0n) is 12.8. The Bertz CT molecular complexity index is 287. The van der Waals surface area contributed by atoms with Crippen LogP contribution in [-0.4, -0.2) is 29.1 Å². The van der Waals surface area contributed by atoms with Crippen LogP contribution in [0.5, 0.6) is 0 Å². The van der Waals surface area contributed by atoms with Gasteiger partial charge in [-0.2, -0.15) is 0 Å². The molecule has 0 aromatic rings. The van der Waals surface area contributed by atoms with Crippen molar-refractivity contribution in [2.45, 2.75) is 90.3 Å². The van der Waals surface area contributed by atoms with Gasteiger partial charge in [-0.3, -0.25) is 4.90 Å². The highest BCUT2D eigenvalue weighted by Crippen LogP contribution is 2.47. The molecule has 1 saturated carbocycles. The highest BCUT2D eigenvalue weighted by Gasteiger charge is 2.48. The van der Waals surface area contributed by atoms with Gasteiger partial charge in [0.15, 0.2) is 0 Å². The minimum atomic E-state index is 0.290. The van der Waals surface area contributed by atoms with Crippen molar-refractivity contribution in [3.05, 3.63) is 0 Å². The molecule has 18 heavy (non-hydrogen) atoms. The van der Waals surface area contributed by atoms with Gasteiger partial charge in [0, 0.05) is 24.2 Å². The summed E-state index contributed by atoms with van der Waals surface area (Å²) in [6.07, 6.45) is 9.34. The van der Waals surface area contributed by atoms with E-state index < -0.39 is 0 Å². The quantitative estimate of drug-likeness (QED) is 0.832. The predicted octanol–water partition coefficient (Wildman–Crippen LogP) is 3.55. The largest absolute Gasteiger partial charge is 0.329 e. The second kappa shape index (κ2) is 5.13. The van der Waals surface area contributed by atoms with Gasteiger partial charge in [0.1, 0.15) is 0 Å². The normalized spacial score (nSPS) is 41.2. The van der Waals surface area contributed by atoms with Gasteiger partial charge in [-0.25, -0.2) is 0 Å². The molecule has 0 amide bonds. The first-order valence-corrected chi connectivity index (χ1v) is 7.93. The number of likely N-dealkylation sites (tertiary alicyclic amines) is 1. The Labute approximate surface area is 113 Å². The molecule has 3 unspecified atom stereocenters. The van der Waals surface area contributed by atoms with Crippen molar-refractivity contribution in [3.8, 4) is 0 Å². The van der Waals surface area contributed by atoms with E-state index in [1.807, 2.05) is 0 Å². The number of hydrogen-bond donors (Lipinski definition) is 1. The Morgan fingerprint density at radius 3 is 2.50 bits per heavy atom. The zero-order chi connectivity index (χ0) is 13.4. The molecule has 2 aliphatic rings. The first kappa shape index (κ1) is 14.3. The van der Waals surface area contributed by atoms with Crippen LogP contribution < -0.4 is 5.73 Å². The van der Waals surface area contributed by atoms with Crippen LogP contribution in [0.1, 0.15) is 72.6 Å². The van der Waals surface area contributed by atoms with Crippen molar-refractivity contribution >= 4 is 0 Å². The van der Waals surface area contributed by atoms with Gasteiger partial charge >= 0.3 is 0 Å². The minimum Gasteiger partial charge on any atom is -0.329 e. The average Bonchev–Trinajstić information content (AvgIpc) is 2.69. The monoisotopic (exact) mass is 252 g/mol. The van der Waals surface area contributed by atoms with Gasteiger partial charge in [-0.05, 0) is 50.9 Å². The van der Waals surface area contributed by atoms with E-state index in [0.29, 0.717) is 11.0 Å². The fraction of sp³-hybridized carbons (Fsp3) is 1.00. The third-order valence-corrected chi connectivity index (χ3v) is 5.49. The van der Waals surface area contributed by atoms with E-state index in [4.69, 9.17) is 5.73 Å². The van der Waals surface area contributed by atoms with Crippen molar-refractivity contribution in [3.63, 3.8) is 0 Å². The number of hydrogen-bond acceptors (Lipinski definition) is 2. The van der Waals surface area contributed by atoms with Gasteiger partial charge in [0.2, 0.25) is 0 Å². The summed E-state index contributed by atoms with van der Waals surface area (Å²) < 4.78 is 0. The summed E-state index contributed by atoms with van der Waals surface area (Å²) in [6, 6.07) is 1.50. The Balaban J connectivity index is 2.25. The van der Waals surface area contributed by atoms with E-state index in [9.17, 15) is 0 Å². The molecule has 1 aliphatic carbocycles. The predicted molar refractivity (Wildman–Crippen MR) is 78.6 cm³/mol. The first-order chi connectivity index (χ1) is 8.44. The second-order valence-electron chi connectivity index (χ2n) is 7.52. The van der Waals surface area contributed by atoms with Gasteiger partial charge in [-0.1, -0.05) is 27.2 Å². The van der Waals surface area contributed by atoms with Gasteiger partial charge in [0.05, 0.1) is 0 Å². The standard InChI is InChI=1S/C16H32N2/c1-5-14-8-7-13(2)18(14)16(12-17)10-6-9-15(3,4)11-16/h13-14H,5-12,17H2,1-4H3. The Kier molecular flexibility index (Phi) is 4.08. The smallest absolute Gasteiger partial charge is 0.0342 e. The van der Waals surface area contributed by atoms with Crippen LogP contribution in [0.3, 0.4) is 0 Å². The Morgan fingerprint density at radius 2 is 1.94 bits per heavy atom.